The lowest BCUT2D eigenvalue weighted by molar-refractivity contribution is -0.131. The normalized spacial score (nSPS) is 40.3. The standard InChI is InChI=1S/C12H22N2O/c1-5-9-6-10(9)14-11(7(2)3)13-8(4)12(14)15/h7-11,13H,5-6H2,1-4H3. The molecule has 4 unspecified atom stereocenters. The Bertz CT molecular complexity index is 264. The Kier molecular flexibility index (Phi) is 2.75. The van der Waals surface area contributed by atoms with Gasteiger partial charge in [-0.15, -0.1) is 0 Å². The minimum atomic E-state index is 0.00973. The Morgan fingerprint density at radius 1 is 1.53 bits per heavy atom. The molecule has 3 nitrogen and oxygen atoms in total. The van der Waals surface area contributed by atoms with Crippen LogP contribution in [0.3, 0.4) is 0 Å². The summed E-state index contributed by atoms with van der Waals surface area (Å²) < 4.78 is 0. The van der Waals surface area contributed by atoms with E-state index in [1.54, 1.807) is 0 Å². The van der Waals surface area contributed by atoms with Crippen LogP contribution in [0.25, 0.3) is 0 Å². The molecule has 1 N–H and O–H groups in total. The highest BCUT2D eigenvalue weighted by molar-refractivity contribution is 5.84. The van der Waals surface area contributed by atoms with E-state index in [0.29, 0.717) is 17.9 Å². The van der Waals surface area contributed by atoms with E-state index in [4.69, 9.17) is 0 Å². The molecule has 1 saturated heterocycles. The number of nitrogens with one attached hydrogen (secondary N) is 1. The second-order valence-corrected chi connectivity index (χ2v) is 5.29. The van der Waals surface area contributed by atoms with Gasteiger partial charge in [-0.3, -0.25) is 10.1 Å². The maximum atomic E-state index is 12.0. The average molecular weight is 210 g/mol. The van der Waals surface area contributed by atoms with E-state index in [0.717, 1.165) is 5.92 Å². The van der Waals surface area contributed by atoms with Crippen molar-refractivity contribution >= 4 is 5.91 Å². The van der Waals surface area contributed by atoms with Crippen molar-refractivity contribution in [3.63, 3.8) is 0 Å². The van der Waals surface area contributed by atoms with Gasteiger partial charge in [-0.1, -0.05) is 27.2 Å². The summed E-state index contributed by atoms with van der Waals surface area (Å²) >= 11 is 0. The van der Waals surface area contributed by atoms with Crippen molar-refractivity contribution in [3.05, 3.63) is 0 Å². The molecule has 15 heavy (non-hydrogen) atoms. The van der Waals surface area contributed by atoms with E-state index in [2.05, 4.69) is 31.0 Å². The largest absolute Gasteiger partial charge is 0.322 e. The molecule has 1 heterocycles. The summed E-state index contributed by atoms with van der Waals surface area (Å²) in [5, 5.41) is 3.40. The molecule has 0 aromatic carbocycles. The van der Waals surface area contributed by atoms with Crippen molar-refractivity contribution in [1.29, 1.82) is 0 Å². The van der Waals surface area contributed by atoms with Crippen molar-refractivity contribution in [2.75, 3.05) is 0 Å². The van der Waals surface area contributed by atoms with Crippen LogP contribution < -0.4 is 5.32 Å². The smallest absolute Gasteiger partial charge is 0.240 e. The fourth-order valence-electron chi connectivity index (χ4n) is 2.66. The van der Waals surface area contributed by atoms with E-state index in [1.165, 1.54) is 12.8 Å². The molecule has 2 rings (SSSR count). The molecule has 2 fully saturated rings. The second-order valence-electron chi connectivity index (χ2n) is 5.29. The quantitative estimate of drug-likeness (QED) is 0.767. The zero-order chi connectivity index (χ0) is 11.2. The van der Waals surface area contributed by atoms with Gasteiger partial charge in [-0.05, 0) is 25.2 Å². The summed E-state index contributed by atoms with van der Waals surface area (Å²) in [6.07, 6.45) is 2.67. The first kappa shape index (κ1) is 10.9. The predicted octanol–water partition coefficient (Wildman–Crippen LogP) is 1.59. The molecule has 0 bridgehead atoms. The molecular weight excluding hydrogens is 188 g/mol. The molecule has 0 radical (unpaired) electrons. The number of carbonyl (C=O) groups excluding carboxylic acids is 1. The molecule has 1 aliphatic carbocycles. The fourth-order valence-corrected chi connectivity index (χ4v) is 2.66. The molecule has 86 valence electrons. The number of carbonyl (C=O) groups is 1. The fraction of sp³-hybridized carbons (Fsp3) is 0.917. The number of hydrogen-bond donors (Lipinski definition) is 1. The molecular formula is C12H22N2O. The summed E-state index contributed by atoms with van der Waals surface area (Å²) in [5.41, 5.74) is 0. The van der Waals surface area contributed by atoms with Gasteiger partial charge < -0.3 is 4.90 Å². The summed E-state index contributed by atoms with van der Waals surface area (Å²) in [6.45, 7) is 8.55. The highest BCUT2D eigenvalue weighted by atomic mass is 16.2. The molecule has 0 aromatic rings. The van der Waals surface area contributed by atoms with Crippen molar-refractivity contribution in [2.24, 2.45) is 11.8 Å². The second kappa shape index (κ2) is 3.78. The maximum absolute atomic E-state index is 12.0. The Balaban J connectivity index is 2.09. The van der Waals surface area contributed by atoms with Crippen LogP contribution in [-0.4, -0.2) is 29.1 Å². The molecule has 1 saturated carbocycles. The van der Waals surface area contributed by atoms with Crippen molar-refractivity contribution < 1.29 is 4.79 Å². The third-order valence-electron chi connectivity index (χ3n) is 3.74. The van der Waals surface area contributed by atoms with Crippen molar-refractivity contribution in [2.45, 2.75) is 58.8 Å². The molecule has 4 atom stereocenters. The maximum Gasteiger partial charge on any atom is 0.240 e. The van der Waals surface area contributed by atoms with Gasteiger partial charge in [-0.2, -0.15) is 0 Å². The monoisotopic (exact) mass is 210 g/mol. The van der Waals surface area contributed by atoms with E-state index in [9.17, 15) is 4.79 Å². The number of rotatable bonds is 3. The van der Waals surface area contributed by atoms with Crippen LogP contribution in [0.5, 0.6) is 0 Å². The van der Waals surface area contributed by atoms with Crippen LogP contribution in [0.1, 0.15) is 40.5 Å². The molecule has 0 spiro atoms. The summed E-state index contributed by atoms with van der Waals surface area (Å²) in [4.78, 5) is 14.1. The highest BCUT2D eigenvalue weighted by Gasteiger charge is 2.50. The number of amides is 1. The molecule has 1 aliphatic heterocycles. The summed E-state index contributed by atoms with van der Waals surface area (Å²) in [6, 6.07) is 0.530. The lowest BCUT2D eigenvalue weighted by atomic mass is 10.1. The van der Waals surface area contributed by atoms with Crippen molar-refractivity contribution in [1.82, 2.24) is 10.2 Å². The van der Waals surface area contributed by atoms with Crippen LogP contribution in [0.4, 0.5) is 0 Å². The first-order valence-electron chi connectivity index (χ1n) is 6.14. The van der Waals surface area contributed by atoms with Gasteiger partial charge in [0, 0.05) is 6.04 Å². The van der Waals surface area contributed by atoms with Gasteiger partial charge in [0.2, 0.25) is 5.91 Å². The first-order chi connectivity index (χ1) is 7.06. The van der Waals surface area contributed by atoms with E-state index in [1.807, 2.05) is 6.92 Å². The van der Waals surface area contributed by atoms with Gasteiger partial charge in [0.1, 0.15) is 0 Å². The van der Waals surface area contributed by atoms with Gasteiger partial charge >= 0.3 is 0 Å². The van der Waals surface area contributed by atoms with Crippen LogP contribution in [0, 0.1) is 11.8 Å². The van der Waals surface area contributed by atoms with E-state index < -0.39 is 0 Å². The van der Waals surface area contributed by atoms with Crippen LogP contribution in [0.15, 0.2) is 0 Å². The van der Waals surface area contributed by atoms with Gasteiger partial charge in [-0.25, -0.2) is 0 Å². The molecule has 0 aromatic heterocycles. The summed E-state index contributed by atoms with van der Waals surface area (Å²) in [5.74, 6) is 1.55. The van der Waals surface area contributed by atoms with Crippen LogP contribution in [0.2, 0.25) is 0 Å². The topological polar surface area (TPSA) is 32.3 Å². The Morgan fingerprint density at radius 3 is 2.67 bits per heavy atom. The number of nitrogens with zero attached hydrogens (tertiary/aromatic N) is 1. The third kappa shape index (κ3) is 1.78. The predicted molar refractivity (Wildman–Crippen MR) is 60.3 cm³/mol. The Morgan fingerprint density at radius 2 is 2.20 bits per heavy atom. The van der Waals surface area contributed by atoms with Crippen LogP contribution >= 0.6 is 0 Å². The minimum absolute atomic E-state index is 0.00973. The van der Waals surface area contributed by atoms with E-state index in [-0.39, 0.29) is 12.2 Å². The SMILES string of the molecule is CCC1CC1N1C(=O)C(C)NC1C(C)C. The number of hydrogen-bond acceptors (Lipinski definition) is 2. The zero-order valence-corrected chi connectivity index (χ0v) is 10.2. The third-order valence-corrected chi connectivity index (χ3v) is 3.74. The minimum Gasteiger partial charge on any atom is -0.322 e. The first-order valence-corrected chi connectivity index (χ1v) is 6.14. The van der Waals surface area contributed by atoms with E-state index >= 15 is 0 Å². The lowest BCUT2D eigenvalue weighted by Gasteiger charge is -2.27. The summed E-state index contributed by atoms with van der Waals surface area (Å²) in [7, 11) is 0. The average Bonchev–Trinajstić information content (AvgIpc) is 2.89. The van der Waals surface area contributed by atoms with Gasteiger partial charge in [0.05, 0.1) is 12.2 Å². The lowest BCUT2D eigenvalue weighted by Crippen LogP contribution is -2.43. The molecule has 2 aliphatic rings. The zero-order valence-electron chi connectivity index (χ0n) is 10.2. The molecule has 3 heteroatoms. The Labute approximate surface area is 92.2 Å². The Hall–Kier alpha value is -0.570. The van der Waals surface area contributed by atoms with Gasteiger partial charge in [0.25, 0.3) is 0 Å². The molecule has 1 amide bonds. The van der Waals surface area contributed by atoms with Crippen LogP contribution in [-0.2, 0) is 4.79 Å². The van der Waals surface area contributed by atoms with Crippen molar-refractivity contribution in [3.8, 4) is 0 Å². The van der Waals surface area contributed by atoms with Gasteiger partial charge in [0.15, 0.2) is 0 Å². The highest BCUT2D eigenvalue weighted by Crippen LogP contribution is 2.41.